The smallest absolute Gasteiger partial charge is 0.219 e. The zero-order valence-corrected chi connectivity index (χ0v) is 7.04. The van der Waals surface area contributed by atoms with Crippen molar-refractivity contribution in [2.24, 2.45) is 0 Å². The van der Waals surface area contributed by atoms with Crippen LogP contribution < -0.4 is 5.43 Å². The second-order valence-electron chi connectivity index (χ2n) is 2.65. The first-order valence-corrected chi connectivity index (χ1v) is 3.89. The Morgan fingerprint density at radius 3 is 2.93 bits per heavy atom. The highest BCUT2D eigenvalue weighted by Gasteiger charge is 2.06. The van der Waals surface area contributed by atoms with Gasteiger partial charge in [-0.2, -0.15) is 5.10 Å². The van der Waals surface area contributed by atoms with Gasteiger partial charge in [-0.05, 0) is 0 Å². The molecule has 0 bridgehead atoms. The Labute approximate surface area is 78.7 Å². The molecule has 14 heavy (non-hydrogen) atoms. The van der Waals surface area contributed by atoms with Crippen LogP contribution in [0.1, 0.15) is 0 Å². The van der Waals surface area contributed by atoms with Gasteiger partial charge >= 0.3 is 0 Å². The Kier molecular flexibility index (Phi) is 1.94. The van der Waals surface area contributed by atoms with Crippen molar-refractivity contribution in [1.82, 2.24) is 10.2 Å². The Hall–Kier alpha value is -2.24. The summed E-state index contributed by atoms with van der Waals surface area (Å²) in [6, 6.07) is 7.18. The van der Waals surface area contributed by atoms with Crippen molar-refractivity contribution in [2.75, 3.05) is 5.43 Å². The molecule has 2 aromatic rings. The van der Waals surface area contributed by atoms with Crippen LogP contribution in [0.25, 0.3) is 10.8 Å². The van der Waals surface area contributed by atoms with Crippen molar-refractivity contribution < 1.29 is 5.03 Å². The molecule has 70 valence electrons. The number of aromatic nitrogens is 2. The number of benzene rings is 1. The number of hydrogen-bond donors (Lipinski definition) is 1. The lowest BCUT2D eigenvalue weighted by atomic mass is 10.2. The quantitative estimate of drug-likeness (QED) is 0.569. The van der Waals surface area contributed by atoms with Gasteiger partial charge in [-0.3, -0.25) is 0 Å². The molecular weight excluding hydrogens is 184 g/mol. The zero-order chi connectivity index (χ0) is 9.97. The summed E-state index contributed by atoms with van der Waals surface area (Å²) >= 11 is 0. The van der Waals surface area contributed by atoms with E-state index in [0.717, 1.165) is 5.39 Å². The first-order chi connectivity index (χ1) is 6.77. The third-order valence-electron chi connectivity index (χ3n) is 1.77. The summed E-state index contributed by atoms with van der Waals surface area (Å²) < 4.78 is 0. The first-order valence-electron chi connectivity index (χ1n) is 3.89. The molecule has 0 saturated heterocycles. The van der Waals surface area contributed by atoms with Crippen LogP contribution in [-0.2, 0) is 0 Å². The van der Waals surface area contributed by atoms with Crippen LogP contribution in [0.3, 0.4) is 0 Å². The summed E-state index contributed by atoms with van der Waals surface area (Å²) in [7, 11) is 0. The molecule has 6 heteroatoms. The maximum absolute atomic E-state index is 10.2. The van der Waals surface area contributed by atoms with Crippen molar-refractivity contribution in [3.63, 3.8) is 0 Å². The minimum absolute atomic E-state index is 0.160. The van der Waals surface area contributed by atoms with E-state index in [1.54, 1.807) is 18.3 Å². The van der Waals surface area contributed by atoms with Gasteiger partial charge in [0.25, 0.3) is 0 Å². The third-order valence-corrected chi connectivity index (χ3v) is 1.77. The van der Waals surface area contributed by atoms with E-state index >= 15 is 0 Å². The largest absolute Gasteiger partial charge is 0.234 e. The number of nitrogens with zero attached hydrogens (tertiary/aromatic N) is 3. The number of nitrogens with one attached hydrogen (secondary N) is 1. The molecule has 0 atom stereocenters. The number of rotatable bonds is 2. The normalized spacial score (nSPS) is 10.0. The molecule has 1 heterocycles. The first kappa shape index (κ1) is 8.36. The average Bonchev–Trinajstić information content (AvgIpc) is 2.18. The minimum Gasteiger partial charge on any atom is -0.234 e. The fourth-order valence-corrected chi connectivity index (χ4v) is 1.20. The van der Waals surface area contributed by atoms with Crippen molar-refractivity contribution in [3.8, 4) is 0 Å². The van der Waals surface area contributed by atoms with E-state index in [1.807, 2.05) is 17.6 Å². The van der Waals surface area contributed by atoms with Gasteiger partial charge in [0.2, 0.25) is 5.82 Å². The zero-order valence-electron chi connectivity index (χ0n) is 7.04. The fraction of sp³-hybridized carbons (Fsp3) is 0. The Balaban J connectivity index is 2.59. The SMILES string of the molecule is O=[N+]([O-])Nc1nncc2ccccc12. The molecule has 1 aromatic carbocycles. The molecule has 2 rings (SSSR count). The van der Waals surface area contributed by atoms with Crippen molar-refractivity contribution in [2.45, 2.75) is 0 Å². The van der Waals surface area contributed by atoms with Crippen LogP contribution in [0.15, 0.2) is 30.5 Å². The van der Waals surface area contributed by atoms with E-state index in [-0.39, 0.29) is 5.82 Å². The van der Waals surface area contributed by atoms with Crippen LogP contribution >= 0.6 is 0 Å². The third kappa shape index (κ3) is 1.45. The van der Waals surface area contributed by atoms with E-state index in [4.69, 9.17) is 0 Å². The number of hydrazine groups is 1. The molecule has 1 N–H and O–H groups in total. The molecular formula is C8H6N4O2. The molecule has 6 nitrogen and oxygen atoms in total. The van der Waals surface area contributed by atoms with Crippen LogP contribution in [0, 0.1) is 10.1 Å². The maximum Gasteiger partial charge on any atom is 0.219 e. The standard InChI is InChI=1S/C8H6N4O2/c13-12(14)11-8-7-4-2-1-3-6(7)5-9-10-8/h1-5H,(H,10,11). The highest BCUT2D eigenvalue weighted by atomic mass is 16.7. The molecule has 0 radical (unpaired) electrons. The van der Waals surface area contributed by atoms with E-state index in [1.165, 1.54) is 0 Å². The van der Waals surface area contributed by atoms with Gasteiger partial charge in [-0.25, -0.2) is 10.1 Å². The lowest BCUT2D eigenvalue weighted by molar-refractivity contribution is -0.445. The minimum atomic E-state index is -0.656. The van der Waals surface area contributed by atoms with E-state index < -0.39 is 5.03 Å². The molecule has 0 aliphatic heterocycles. The van der Waals surface area contributed by atoms with E-state index in [0.29, 0.717) is 5.39 Å². The summed E-state index contributed by atoms with van der Waals surface area (Å²) in [5.41, 5.74) is 2.00. The molecule has 0 fully saturated rings. The van der Waals surface area contributed by atoms with Crippen LogP contribution in [0.4, 0.5) is 5.82 Å². The molecule has 0 saturated carbocycles. The van der Waals surface area contributed by atoms with Crippen LogP contribution in [0.2, 0.25) is 0 Å². The number of fused-ring (bicyclic) bond motifs is 1. The molecule has 0 spiro atoms. The van der Waals surface area contributed by atoms with E-state index in [2.05, 4.69) is 10.2 Å². The Bertz CT molecular complexity index is 480. The lowest BCUT2D eigenvalue weighted by Crippen LogP contribution is -2.10. The number of hydrogen-bond acceptors (Lipinski definition) is 4. The van der Waals surface area contributed by atoms with Gasteiger partial charge in [0, 0.05) is 10.8 Å². The highest BCUT2D eigenvalue weighted by Crippen LogP contribution is 2.18. The molecule has 0 aliphatic rings. The van der Waals surface area contributed by atoms with Gasteiger partial charge in [-0.1, -0.05) is 29.7 Å². The van der Waals surface area contributed by atoms with Crippen molar-refractivity contribution in [1.29, 1.82) is 0 Å². The monoisotopic (exact) mass is 190 g/mol. The topological polar surface area (TPSA) is 81.0 Å². The van der Waals surface area contributed by atoms with Gasteiger partial charge in [0.15, 0.2) is 5.03 Å². The predicted octanol–water partition coefficient (Wildman–Crippen LogP) is 1.23. The summed E-state index contributed by atoms with van der Waals surface area (Å²) in [6.45, 7) is 0. The summed E-state index contributed by atoms with van der Waals surface area (Å²) in [6.07, 6.45) is 1.56. The second-order valence-corrected chi connectivity index (χ2v) is 2.65. The lowest BCUT2D eigenvalue weighted by Gasteiger charge is -1.99. The summed E-state index contributed by atoms with van der Waals surface area (Å²) in [5.74, 6) is 0.160. The number of anilines is 1. The van der Waals surface area contributed by atoms with Gasteiger partial charge in [0.05, 0.1) is 6.20 Å². The van der Waals surface area contributed by atoms with Crippen LogP contribution in [-0.4, -0.2) is 15.2 Å². The Morgan fingerprint density at radius 2 is 2.14 bits per heavy atom. The molecule has 0 unspecified atom stereocenters. The fourth-order valence-electron chi connectivity index (χ4n) is 1.20. The van der Waals surface area contributed by atoms with Crippen molar-refractivity contribution in [3.05, 3.63) is 40.6 Å². The molecule has 0 aliphatic carbocycles. The van der Waals surface area contributed by atoms with Gasteiger partial charge in [-0.15, -0.1) is 5.10 Å². The van der Waals surface area contributed by atoms with E-state index in [9.17, 15) is 10.1 Å². The predicted molar refractivity (Wildman–Crippen MR) is 50.2 cm³/mol. The Morgan fingerprint density at radius 1 is 1.36 bits per heavy atom. The number of nitro groups is 1. The average molecular weight is 190 g/mol. The maximum atomic E-state index is 10.2. The summed E-state index contributed by atoms with van der Waals surface area (Å²) in [4.78, 5) is 10.2. The second kappa shape index (κ2) is 3.25. The van der Waals surface area contributed by atoms with Crippen molar-refractivity contribution >= 4 is 16.6 Å². The molecule has 1 aromatic heterocycles. The van der Waals surface area contributed by atoms with Gasteiger partial charge in [0.1, 0.15) is 0 Å². The highest BCUT2D eigenvalue weighted by molar-refractivity contribution is 5.90. The van der Waals surface area contributed by atoms with Crippen LogP contribution in [0.5, 0.6) is 0 Å². The molecule has 0 amide bonds. The summed E-state index contributed by atoms with van der Waals surface area (Å²) in [5, 5.41) is 18.4. The van der Waals surface area contributed by atoms with Gasteiger partial charge < -0.3 is 0 Å².